The number of hydrogen-bond donors (Lipinski definition) is 0. The van der Waals surface area contributed by atoms with Gasteiger partial charge in [0.25, 0.3) is 0 Å². The molecule has 0 aliphatic carbocycles. The third kappa shape index (κ3) is 5.04. The number of rotatable bonds is 4. The van der Waals surface area contributed by atoms with Crippen LogP contribution in [0.15, 0.2) is 109 Å². The quantitative estimate of drug-likeness (QED) is 0.205. The molecule has 0 saturated heterocycles. The summed E-state index contributed by atoms with van der Waals surface area (Å²) in [6.07, 6.45) is -8.97. The minimum absolute atomic E-state index is 0.542. The van der Waals surface area contributed by atoms with Crippen LogP contribution in [-0.2, 0) is 12.4 Å². The lowest BCUT2D eigenvalue weighted by atomic mass is 9.90. The average molecular weight is 525 g/mol. The maximum atomic E-state index is 13.3. The van der Waals surface area contributed by atoms with Crippen molar-refractivity contribution < 1.29 is 26.3 Å². The summed E-state index contributed by atoms with van der Waals surface area (Å²) in [5, 5.41) is 0. The molecule has 0 aliphatic heterocycles. The maximum absolute atomic E-state index is 13.3. The normalized spacial score (nSPS) is 12.1. The molecule has 0 saturated carbocycles. The SMILES string of the molecule is FC(F)(F)c1ccc(-c2c(-c3ccccc3)sc(-c3ccccc3)c2-c2ccc(C(F)(F)F)cc2)cc1. The Labute approximate surface area is 213 Å². The van der Waals surface area contributed by atoms with Crippen LogP contribution in [0.5, 0.6) is 0 Å². The van der Waals surface area contributed by atoms with Crippen molar-refractivity contribution in [2.24, 2.45) is 0 Å². The van der Waals surface area contributed by atoms with E-state index < -0.39 is 23.5 Å². The van der Waals surface area contributed by atoms with Crippen molar-refractivity contribution in [1.82, 2.24) is 0 Å². The van der Waals surface area contributed by atoms with Crippen molar-refractivity contribution in [3.63, 3.8) is 0 Å². The Balaban J connectivity index is 1.81. The van der Waals surface area contributed by atoms with E-state index in [0.717, 1.165) is 45.1 Å². The van der Waals surface area contributed by atoms with Gasteiger partial charge in [-0.25, -0.2) is 0 Å². The van der Waals surface area contributed by atoms with E-state index in [-0.39, 0.29) is 0 Å². The van der Waals surface area contributed by atoms with E-state index in [9.17, 15) is 26.3 Å². The summed E-state index contributed by atoms with van der Waals surface area (Å²) in [5.41, 5.74) is 2.60. The third-order valence-electron chi connectivity index (χ3n) is 5.98. The lowest BCUT2D eigenvalue weighted by Gasteiger charge is -2.13. The van der Waals surface area contributed by atoms with Gasteiger partial charge in [0.2, 0.25) is 0 Å². The predicted molar refractivity (Wildman–Crippen MR) is 136 cm³/mol. The standard InChI is InChI=1S/C30H18F6S/c31-29(32,33)23-15-11-19(12-16-23)25-26(20-13-17-24(18-14-20)30(34,35)36)28(22-9-5-2-6-10-22)37-27(25)21-7-3-1-4-8-21/h1-18H. The fourth-order valence-corrected chi connectivity index (χ4v) is 5.58. The molecule has 0 aliphatic rings. The molecule has 0 unspecified atom stereocenters. The topological polar surface area (TPSA) is 0 Å². The number of benzene rings is 4. The van der Waals surface area contributed by atoms with Gasteiger partial charge in [-0.2, -0.15) is 26.3 Å². The molecule has 0 nitrogen and oxygen atoms in total. The van der Waals surface area contributed by atoms with Crippen LogP contribution < -0.4 is 0 Å². The maximum Gasteiger partial charge on any atom is 0.416 e. The Morgan fingerprint density at radius 3 is 1.00 bits per heavy atom. The second-order valence-electron chi connectivity index (χ2n) is 8.39. The summed E-state index contributed by atoms with van der Waals surface area (Å²) in [6, 6.07) is 28.6. The Kier molecular flexibility index (Phi) is 6.42. The van der Waals surface area contributed by atoms with E-state index >= 15 is 0 Å². The molecular formula is C30H18F6S. The molecule has 0 N–H and O–H groups in total. The Bertz CT molecular complexity index is 1380. The van der Waals surface area contributed by atoms with Gasteiger partial charge in [0.05, 0.1) is 11.1 Å². The number of hydrogen-bond acceptors (Lipinski definition) is 1. The van der Waals surface area contributed by atoms with Crippen molar-refractivity contribution >= 4 is 11.3 Å². The van der Waals surface area contributed by atoms with Gasteiger partial charge in [-0.3, -0.25) is 0 Å². The van der Waals surface area contributed by atoms with Gasteiger partial charge < -0.3 is 0 Å². The second-order valence-corrected chi connectivity index (χ2v) is 9.41. The number of thiophene rings is 1. The van der Waals surface area contributed by atoms with Crippen LogP contribution in [0.1, 0.15) is 11.1 Å². The molecule has 37 heavy (non-hydrogen) atoms. The highest BCUT2D eigenvalue weighted by Gasteiger charge is 2.32. The van der Waals surface area contributed by atoms with E-state index in [4.69, 9.17) is 0 Å². The summed E-state index contributed by atoms with van der Waals surface area (Å²) >= 11 is 1.46. The van der Waals surface area contributed by atoms with Crippen molar-refractivity contribution in [2.45, 2.75) is 12.4 Å². The molecule has 0 spiro atoms. The molecule has 0 bridgehead atoms. The molecule has 0 atom stereocenters. The molecule has 5 aromatic rings. The Morgan fingerprint density at radius 1 is 0.378 bits per heavy atom. The van der Waals surface area contributed by atoms with E-state index in [1.807, 2.05) is 60.7 Å². The summed E-state index contributed by atoms with van der Waals surface area (Å²) < 4.78 is 79.7. The molecule has 1 aromatic heterocycles. The minimum Gasteiger partial charge on any atom is -0.166 e. The van der Waals surface area contributed by atoms with Crippen molar-refractivity contribution in [1.29, 1.82) is 0 Å². The van der Waals surface area contributed by atoms with E-state index in [0.29, 0.717) is 22.3 Å². The van der Waals surface area contributed by atoms with Crippen LogP contribution in [0.2, 0.25) is 0 Å². The third-order valence-corrected chi connectivity index (χ3v) is 7.27. The molecular weight excluding hydrogens is 506 g/mol. The number of halogens is 6. The fraction of sp³-hybridized carbons (Fsp3) is 0.0667. The van der Waals surface area contributed by atoms with Crippen LogP contribution in [0.3, 0.4) is 0 Å². The highest BCUT2D eigenvalue weighted by atomic mass is 32.1. The van der Waals surface area contributed by atoms with Gasteiger partial charge in [0, 0.05) is 20.9 Å². The van der Waals surface area contributed by atoms with Crippen LogP contribution in [0.25, 0.3) is 43.1 Å². The van der Waals surface area contributed by atoms with Gasteiger partial charge in [0.1, 0.15) is 0 Å². The smallest absolute Gasteiger partial charge is 0.166 e. The van der Waals surface area contributed by atoms with Crippen molar-refractivity contribution in [2.75, 3.05) is 0 Å². The molecule has 186 valence electrons. The van der Waals surface area contributed by atoms with Crippen molar-refractivity contribution in [3.8, 4) is 43.1 Å². The monoisotopic (exact) mass is 524 g/mol. The predicted octanol–water partition coefficient (Wildman–Crippen LogP) is 10.5. The van der Waals surface area contributed by atoms with Gasteiger partial charge in [-0.05, 0) is 46.5 Å². The molecule has 4 aromatic carbocycles. The molecule has 1 heterocycles. The summed E-state index contributed by atoms with van der Waals surface area (Å²) in [6.45, 7) is 0. The zero-order valence-electron chi connectivity index (χ0n) is 19.1. The van der Waals surface area contributed by atoms with E-state index in [2.05, 4.69) is 0 Å². The first-order valence-corrected chi connectivity index (χ1v) is 12.1. The van der Waals surface area contributed by atoms with Crippen LogP contribution in [-0.4, -0.2) is 0 Å². The van der Waals surface area contributed by atoms with Gasteiger partial charge in [0.15, 0.2) is 0 Å². The van der Waals surface area contributed by atoms with Gasteiger partial charge >= 0.3 is 12.4 Å². The number of alkyl halides is 6. The highest BCUT2D eigenvalue weighted by Crippen LogP contribution is 2.52. The zero-order chi connectivity index (χ0) is 26.2. The van der Waals surface area contributed by atoms with Crippen LogP contribution in [0, 0.1) is 0 Å². The first kappa shape index (κ1) is 24.8. The molecule has 5 rings (SSSR count). The summed E-state index contributed by atoms with van der Waals surface area (Å²) in [4.78, 5) is 1.63. The molecule has 0 amide bonds. The largest absolute Gasteiger partial charge is 0.416 e. The molecule has 7 heteroatoms. The lowest BCUT2D eigenvalue weighted by Crippen LogP contribution is -2.04. The van der Waals surface area contributed by atoms with E-state index in [1.54, 1.807) is 0 Å². The fourth-order valence-electron chi connectivity index (χ4n) is 4.22. The first-order chi connectivity index (χ1) is 17.6. The first-order valence-electron chi connectivity index (χ1n) is 11.3. The van der Waals surface area contributed by atoms with Crippen molar-refractivity contribution in [3.05, 3.63) is 120 Å². The molecule has 0 fully saturated rings. The van der Waals surface area contributed by atoms with E-state index in [1.165, 1.54) is 35.6 Å². The van der Waals surface area contributed by atoms with Gasteiger partial charge in [-0.15, -0.1) is 11.3 Å². The summed E-state index contributed by atoms with van der Waals surface area (Å²) in [7, 11) is 0. The van der Waals surface area contributed by atoms with Crippen LogP contribution >= 0.6 is 11.3 Å². The molecule has 0 radical (unpaired) electrons. The Morgan fingerprint density at radius 2 is 0.703 bits per heavy atom. The zero-order valence-corrected chi connectivity index (χ0v) is 19.9. The summed E-state index contributed by atoms with van der Waals surface area (Å²) in [5.74, 6) is 0. The second kappa shape index (κ2) is 9.56. The lowest BCUT2D eigenvalue weighted by molar-refractivity contribution is -0.138. The minimum atomic E-state index is -4.49. The van der Waals surface area contributed by atoms with Crippen LogP contribution in [0.4, 0.5) is 26.3 Å². The average Bonchev–Trinajstić information content (AvgIpc) is 3.29. The highest BCUT2D eigenvalue weighted by molar-refractivity contribution is 7.20. The Hall–Kier alpha value is -3.84. The van der Waals surface area contributed by atoms with Gasteiger partial charge in [-0.1, -0.05) is 84.9 Å².